The van der Waals surface area contributed by atoms with Gasteiger partial charge in [0.15, 0.2) is 0 Å². The van der Waals surface area contributed by atoms with Gasteiger partial charge in [-0.05, 0) is 0 Å². The Labute approximate surface area is 234 Å². The molecule has 0 radical (unpaired) electrons. The van der Waals surface area contributed by atoms with Gasteiger partial charge in [0.05, 0.1) is 0 Å². The minimum absolute atomic E-state index is 0.326. The first-order valence-corrected chi connectivity index (χ1v) is 29.5. The first-order chi connectivity index (χ1) is 17.8. The summed E-state index contributed by atoms with van der Waals surface area (Å²) in [6, 6.07) is 0. The van der Waals surface area contributed by atoms with E-state index in [1.54, 1.807) is 0 Å². The van der Waals surface area contributed by atoms with Gasteiger partial charge in [-0.3, -0.25) is 0 Å². The molecule has 0 saturated heterocycles. The number of hydrogen-bond acceptors (Lipinski definition) is 12. The molecule has 0 spiro atoms. The molecule has 0 saturated carbocycles. The maximum absolute atomic E-state index is 11.3. The number of carbonyl (C=O) groups excluding carboxylic acids is 4. The summed E-state index contributed by atoms with van der Waals surface area (Å²) in [7, 11) is 7.78. The van der Waals surface area contributed by atoms with E-state index >= 15 is 0 Å². The molecule has 0 N–H and O–H groups in total. The van der Waals surface area contributed by atoms with Crippen molar-refractivity contribution in [3.05, 3.63) is 50.6 Å². The van der Waals surface area contributed by atoms with Crippen molar-refractivity contribution in [1.29, 1.82) is 0 Å². The summed E-state index contributed by atoms with van der Waals surface area (Å²) in [4.78, 5) is 45.3. The summed E-state index contributed by atoms with van der Waals surface area (Å²) in [6.07, 6.45) is 7.47. The van der Waals surface area contributed by atoms with Crippen LogP contribution in [-0.2, 0) is 38.1 Å². The Morgan fingerprint density at radius 1 is 0.486 bits per heavy atom. The van der Waals surface area contributed by atoms with Crippen LogP contribution in [0.15, 0.2) is 50.6 Å². The Morgan fingerprint density at radius 3 is 0.892 bits per heavy atom. The predicted molar refractivity (Wildman–Crippen MR) is 159 cm³/mol. The summed E-state index contributed by atoms with van der Waals surface area (Å²) in [5.41, 5.74) is 0. The van der Waals surface area contributed by atoms with Gasteiger partial charge in [0.25, 0.3) is 0 Å². The first-order valence-electron chi connectivity index (χ1n) is 11.5. The molecule has 37 heavy (non-hydrogen) atoms. The Hall–Kier alpha value is -0.961. The van der Waals surface area contributed by atoms with E-state index in [0.717, 1.165) is 73.0 Å². The summed E-state index contributed by atoms with van der Waals surface area (Å²) >= 11 is -3.03. The number of carbonyl (C=O) groups is 4. The molecule has 0 atom stereocenters. The van der Waals surface area contributed by atoms with Gasteiger partial charge in [-0.15, -0.1) is 0 Å². The van der Waals surface area contributed by atoms with Crippen LogP contribution in [0.25, 0.3) is 0 Å². The molecule has 0 heterocycles. The molecule has 0 unspecified atom stereocenters. The fourth-order valence-corrected chi connectivity index (χ4v) is 52.7. The predicted octanol–water partition coefficient (Wildman–Crippen LogP) is 4.83. The van der Waals surface area contributed by atoms with E-state index in [9.17, 15) is 19.2 Å². The summed E-state index contributed by atoms with van der Waals surface area (Å²) in [5.74, 6) is 1.58. The van der Waals surface area contributed by atoms with Crippen molar-refractivity contribution < 1.29 is 38.1 Å². The van der Waals surface area contributed by atoms with Crippen molar-refractivity contribution in [2.24, 2.45) is 0 Å². The van der Waals surface area contributed by atoms with Crippen LogP contribution < -0.4 is 0 Å². The molecule has 0 rings (SSSR count). The molecule has 0 aliphatic carbocycles. The maximum atomic E-state index is 11.3. The summed E-state index contributed by atoms with van der Waals surface area (Å²) < 4.78 is 20.4. The van der Waals surface area contributed by atoms with E-state index in [0.29, 0.717) is 26.4 Å². The van der Waals surface area contributed by atoms with Crippen LogP contribution in [0.2, 0.25) is 0 Å². The van der Waals surface area contributed by atoms with Gasteiger partial charge in [-0.25, -0.2) is 0 Å². The number of ether oxygens (including phenoxy) is 4. The van der Waals surface area contributed by atoms with Gasteiger partial charge in [0.2, 0.25) is 0 Å². The first kappa shape index (κ1) is 36.0. The van der Waals surface area contributed by atoms with Crippen LogP contribution in [0.5, 0.6) is 0 Å². The average Bonchev–Trinajstić information content (AvgIpc) is 2.91. The fraction of sp³-hybridized carbons (Fsp3) is 0.500. The Bertz CT molecular complexity index is 638. The average molecular weight is 700 g/mol. The zero-order valence-corrected chi connectivity index (χ0v) is 27.1. The van der Waals surface area contributed by atoms with Gasteiger partial charge >= 0.3 is 236 Å². The Kier molecular flexibility index (Phi) is 23.5. The van der Waals surface area contributed by atoms with Gasteiger partial charge in [-0.1, -0.05) is 0 Å². The van der Waals surface area contributed by atoms with E-state index in [2.05, 4.69) is 26.3 Å². The number of esters is 4. The molecule has 8 nitrogen and oxygen atoms in total. The molecule has 0 aromatic carbocycles. The summed E-state index contributed by atoms with van der Waals surface area (Å²) in [5, 5.41) is 0. The third-order valence-corrected chi connectivity index (χ3v) is 54.9. The monoisotopic (exact) mass is 700 g/mol. The topological polar surface area (TPSA) is 105 Å². The molecule has 0 aromatic rings. The van der Waals surface area contributed by atoms with Gasteiger partial charge < -0.3 is 0 Å². The van der Waals surface area contributed by atoms with Crippen molar-refractivity contribution in [2.45, 2.75) is 25.7 Å². The van der Waals surface area contributed by atoms with Crippen LogP contribution in [0, 0.1) is 0 Å². The van der Waals surface area contributed by atoms with Crippen LogP contribution in [0.3, 0.4) is 0 Å². The standard InChI is InChI=1S/4C6H10O2S.Sn/c4*1-2-6(7)8-4-3-5-9;/h4*2,9H,1,3-5H2;/q;;;;+4/p-4. The van der Waals surface area contributed by atoms with Gasteiger partial charge in [0.1, 0.15) is 0 Å². The van der Waals surface area contributed by atoms with E-state index in [1.165, 1.54) is 0 Å². The van der Waals surface area contributed by atoms with Crippen molar-refractivity contribution >= 4 is 72.5 Å². The third-order valence-electron chi connectivity index (χ3n) is 3.91. The molecule has 0 aliphatic heterocycles. The number of hydrogen-bond donors (Lipinski definition) is 0. The van der Waals surface area contributed by atoms with Crippen LogP contribution >= 0.6 is 35.8 Å². The fourth-order valence-electron chi connectivity index (χ4n) is 2.20. The quantitative estimate of drug-likeness (QED) is 0.0453. The van der Waals surface area contributed by atoms with E-state index in [4.69, 9.17) is 18.9 Å². The van der Waals surface area contributed by atoms with Crippen molar-refractivity contribution in [2.75, 3.05) is 49.4 Å². The van der Waals surface area contributed by atoms with Crippen LogP contribution in [0.1, 0.15) is 25.7 Å². The molecule has 0 aliphatic rings. The normalized spacial score (nSPS) is 10.6. The molecule has 208 valence electrons. The summed E-state index contributed by atoms with van der Waals surface area (Å²) in [6.45, 7) is 14.9. The Morgan fingerprint density at radius 2 is 0.703 bits per heavy atom. The molecular weight excluding hydrogens is 663 g/mol. The Balaban J connectivity index is 5.11. The van der Waals surface area contributed by atoms with Crippen LogP contribution in [-0.4, -0.2) is 86.2 Å². The van der Waals surface area contributed by atoms with E-state index in [1.807, 2.05) is 35.8 Å². The zero-order valence-electron chi connectivity index (χ0n) is 21.0. The molecule has 0 bridgehead atoms. The minimum atomic E-state index is -3.03. The van der Waals surface area contributed by atoms with Crippen molar-refractivity contribution in [3.63, 3.8) is 0 Å². The van der Waals surface area contributed by atoms with Gasteiger partial charge in [0, 0.05) is 0 Å². The second-order valence-corrected chi connectivity index (χ2v) is 49.2. The molecule has 0 fully saturated rings. The second-order valence-electron chi connectivity index (χ2n) is 6.79. The number of rotatable bonds is 24. The molecule has 0 amide bonds. The van der Waals surface area contributed by atoms with Crippen molar-refractivity contribution in [1.82, 2.24) is 0 Å². The molecule has 0 aromatic heterocycles. The third kappa shape index (κ3) is 20.6. The van der Waals surface area contributed by atoms with Crippen LogP contribution in [0.4, 0.5) is 0 Å². The van der Waals surface area contributed by atoms with Crippen molar-refractivity contribution in [3.8, 4) is 0 Å². The SMILES string of the molecule is C=CC(=O)OCCC[S][Sn]([S]CCCOC(=O)C=C)([S]CCCOC(=O)C=C)[S]CCCOC(=O)C=C. The second kappa shape index (κ2) is 24.1. The molecular formula is C24H36O8S4Sn. The zero-order chi connectivity index (χ0) is 27.8. The van der Waals surface area contributed by atoms with E-state index < -0.39 is 36.7 Å². The van der Waals surface area contributed by atoms with E-state index in [-0.39, 0.29) is 0 Å². The molecule has 13 heteroatoms. The van der Waals surface area contributed by atoms with Gasteiger partial charge in [-0.2, -0.15) is 0 Å².